The maximum absolute atomic E-state index is 5.93. The van der Waals surface area contributed by atoms with Gasteiger partial charge in [0.15, 0.2) is 0 Å². The summed E-state index contributed by atoms with van der Waals surface area (Å²) in [6, 6.07) is 20.9. The fraction of sp³-hybridized carbons (Fsp3) is 0.429. The molecule has 0 spiro atoms. The molecule has 2 fully saturated rings. The van der Waals surface area contributed by atoms with Gasteiger partial charge in [-0.1, -0.05) is 43.2 Å². The normalized spacial score (nSPS) is 19.1. The van der Waals surface area contributed by atoms with Crippen LogP contribution in [0, 0.1) is 0 Å². The highest BCUT2D eigenvalue weighted by Gasteiger charge is 2.24. The van der Waals surface area contributed by atoms with Gasteiger partial charge < -0.3 is 15.0 Å². The predicted molar refractivity (Wildman–Crippen MR) is 138 cm³/mol. The molecule has 6 nitrogen and oxygen atoms in total. The number of nitrogens with zero attached hydrogens (tertiary/aromatic N) is 4. The van der Waals surface area contributed by atoms with Gasteiger partial charge in [0.2, 0.25) is 5.95 Å². The summed E-state index contributed by atoms with van der Waals surface area (Å²) in [5, 5.41) is 3.52. The summed E-state index contributed by atoms with van der Waals surface area (Å²) in [7, 11) is 0. The Morgan fingerprint density at radius 3 is 2.38 bits per heavy atom. The third-order valence-corrected chi connectivity index (χ3v) is 6.85. The molecule has 0 amide bonds. The SMILES string of the molecule is c1ccc(Oc2ccc(CN3CCCC3CNc3nccc(N4CCCCCC4)n3)cc2)cc1. The van der Waals surface area contributed by atoms with Gasteiger partial charge in [-0.2, -0.15) is 4.98 Å². The summed E-state index contributed by atoms with van der Waals surface area (Å²) < 4.78 is 5.93. The Kier molecular flexibility index (Phi) is 7.56. The van der Waals surface area contributed by atoms with Crippen LogP contribution in [-0.4, -0.2) is 47.1 Å². The summed E-state index contributed by atoms with van der Waals surface area (Å²) in [5.41, 5.74) is 1.31. The molecule has 2 aromatic carbocycles. The molecular weight excluding hydrogens is 422 g/mol. The van der Waals surface area contributed by atoms with Crippen molar-refractivity contribution >= 4 is 11.8 Å². The number of benzene rings is 2. The van der Waals surface area contributed by atoms with Gasteiger partial charge in [-0.25, -0.2) is 4.98 Å². The van der Waals surface area contributed by atoms with E-state index in [1.165, 1.54) is 44.1 Å². The molecule has 6 heteroatoms. The Balaban J connectivity index is 1.15. The van der Waals surface area contributed by atoms with E-state index in [4.69, 9.17) is 9.72 Å². The minimum absolute atomic E-state index is 0.491. The van der Waals surface area contributed by atoms with Crippen molar-refractivity contribution in [2.24, 2.45) is 0 Å². The summed E-state index contributed by atoms with van der Waals surface area (Å²) in [4.78, 5) is 14.3. The molecule has 0 radical (unpaired) electrons. The van der Waals surface area contributed by atoms with E-state index in [1.807, 2.05) is 42.6 Å². The lowest BCUT2D eigenvalue weighted by Gasteiger charge is -2.25. The highest BCUT2D eigenvalue weighted by Crippen LogP contribution is 2.24. The highest BCUT2D eigenvalue weighted by molar-refractivity contribution is 5.42. The minimum Gasteiger partial charge on any atom is -0.457 e. The number of hydrogen-bond donors (Lipinski definition) is 1. The zero-order chi connectivity index (χ0) is 23.0. The second-order valence-electron chi connectivity index (χ2n) is 9.35. The number of likely N-dealkylation sites (tertiary alicyclic amines) is 1. The van der Waals surface area contributed by atoms with E-state index >= 15 is 0 Å². The molecule has 1 aromatic heterocycles. The number of hydrogen-bond acceptors (Lipinski definition) is 6. The largest absolute Gasteiger partial charge is 0.457 e. The van der Waals surface area contributed by atoms with Crippen LogP contribution >= 0.6 is 0 Å². The van der Waals surface area contributed by atoms with E-state index in [2.05, 4.69) is 44.4 Å². The van der Waals surface area contributed by atoms with Gasteiger partial charge in [0, 0.05) is 38.4 Å². The Bertz CT molecular complexity index is 1020. The Morgan fingerprint density at radius 1 is 0.824 bits per heavy atom. The summed E-state index contributed by atoms with van der Waals surface area (Å²) >= 11 is 0. The van der Waals surface area contributed by atoms with Crippen molar-refractivity contribution in [3.05, 3.63) is 72.4 Å². The first-order chi connectivity index (χ1) is 16.8. The van der Waals surface area contributed by atoms with Gasteiger partial charge in [-0.05, 0) is 68.1 Å². The number of para-hydroxylation sites is 1. The molecule has 1 N–H and O–H groups in total. The van der Waals surface area contributed by atoms with Crippen LogP contribution in [0.4, 0.5) is 11.8 Å². The second-order valence-corrected chi connectivity index (χ2v) is 9.35. The topological polar surface area (TPSA) is 53.5 Å². The Morgan fingerprint density at radius 2 is 1.59 bits per heavy atom. The molecule has 0 saturated carbocycles. The van der Waals surface area contributed by atoms with E-state index in [9.17, 15) is 0 Å². The van der Waals surface area contributed by atoms with E-state index in [1.54, 1.807) is 0 Å². The van der Waals surface area contributed by atoms with Crippen LogP contribution in [0.15, 0.2) is 66.9 Å². The maximum Gasteiger partial charge on any atom is 0.224 e. The van der Waals surface area contributed by atoms with E-state index in [0.717, 1.165) is 56.0 Å². The van der Waals surface area contributed by atoms with Crippen LogP contribution in [0.1, 0.15) is 44.1 Å². The molecule has 178 valence electrons. The van der Waals surface area contributed by atoms with Crippen molar-refractivity contribution in [3.63, 3.8) is 0 Å². The Hall–Kier alpha value is -3.12. The fourth-order valence-electron chi connectivity index (χ4n) is 4.98. The van der Waals surface area contributed by atoms with Crippen LogP contribution in [0.5, 0.6) is 11.5 Å². The molecular formula is C28H35N5O. The van der Waals surface area contributed by atoms with Gasteiger partial charge in [-0.3, -0.25) is 4.90 Å². The zero-order valence-electron chi connectivity index (χ0n) is 19.9. The molecule has 2 saturated heterocycles. The van der Waals surface area contributed by atoms with Gasteiger partial charge in [0.1, 0.15) is 17.3 Å². The molecule has 3 aromatic rings. The van der Waals surface area contributed by atoms with Crippen molar-refractivity contribution in [2.75, 3.05) is 36.4 Å². The molecule has 1 atom stereocenters. The lowest BCUT2D eigenvalue weighted by Crippen LogP contribution is -2.34. The summed E-state index contributed by atoms with van der Waals surface area (Å²) in [5.74, 6) is 3.54. The van der Waals surface area contributed by atoms with Gasteiger partial charge in [0.05, 0.1) is 0 Å². The van der Waals surface area contributed by atoms with Crippen LogP contribution in [0.2, 0.25) is 0 Å². The first kappa shape index (κ1) is 22.7. The van der Waals surface area contributed by atoms with Gasteiger partial charge in [-0.15, -0.1) is 0 Å². The quantitative estimate of drug-likeness (QED) is 0.466. The number of anilines is 2. The van der Waals surface area contributed by atoms with Crippen LogP contribution in [0.25, 0.3) is 0 Å². The first-order valence-electron chi connectivity index (χ1n) is 12.7. The molecule has 2 aliphatic heterocycles. The summed E-state index contributed by atoms with van der Waals surface area (Å²) in [6.07, 6.45) is 9.48. The fourth-order valence-corrected chi connectivity index (χ4v) is 4.98. The van der Waals surface area contributed by atoms with Crippen molar-refractivity contribution in [1.29, 1.82) is 0 Å². The van der Waals surface area contributed by atoms with Crippen molar-refractivity contribution < 1.29 is 4.74 Å². The molecule has 34 heavy (non-hydrogen) atoms. The second kappa shape index (κ2) is 11.3. The number of rotatable bonds is 8. The molecule has 5 rings (SSSR count). The lowest BCUT2D eigenvalue weighted by atomic mass is 10.1. The lowest BCUT2D eigenvalue weighted by molar-refractivity contribution is 0.254. The molecule has 2 aliphatic rings. The van der Waals surface area contributed by atoms with Gasteiger partial charge >= 0.3 is 0 Å². The van der Waals surface area contributed by atoms with Crippen molar-refractivity contribution in [3.8, 4) is 11.5 Å². The number of nitrogens with one attached hydrogen (secondary N) is 1. The predicted octanol–water partition coefficient (Wildman–Crippen LogP) is 5.73. The third kappa shape index (κ3) is 6.06. The average Bonchev–Trinajstić information content (AvgIpc) is 3.13. The molecule has 3 heterocycles. The summed E-state index contributed by atoms with van der Waals surface area (Å²) in [6.45, 7) is 5.15. The van der Waals surface area contributed by atoms with Crippen molar-refractivity contribution in [2.45, 2.75) is 51.1 Å². The van der Waals surface area contributed by atoms with Crippen molar-refractivity contribution in [1.82, 2.24) is 14.9 Å². The third-order valence-electron chi connectivity index (χ3n) is 6.85. The molecule has 0 aliphatic carbocycles. The number of aromatic nitrogens is 2. The minimum atomic E-state index is 0.491. The number of ether oxygens (including phenoxy) is 1. The van der Waals surface area contributed by atoms with E-state index in [0.29, 0.717) is 6.04 Å². The standard InChI is InChI=1S/C28H35N5O/c1-2-7-19-32(18-6-1)27-16-17-29-28(31-27)30-21-24-9-8-20-33(24)22-23-12-14-26(15-13-23)34-25-10-4-3-5-11-25/h3-5,10-17,24H,1-2,6-9,18-22H2,(H,29,30,31). The zero-order valence-corrected chi connectivity index (χ0v) is 19.9. The maximum atomic E-state index is 5.93. The monoisotopic (exact) mass is 457 g/mol. The Labute approximate surface area is 203 Å². The van der Waals surface area contributed by atoms with Gasteiger partial charge in [0.25, 0.3) is 0 Å². The average molecular weight is 458 g/mol. The van der Waals surface area contributed by atoms with Crippen LogP contribution in [0.3, 0.4) is 0 Å². The highest BCUT2D eigenvalue weighted by atomic mass is 16.5. The first-order valence-corrected chi connectivity index (χ1v) is 12.7. The molecule has 0 bridgehead atoms. The smallest absolute Gasteiger partial charge is 0.224 e. The van der Waals surface area contributed by atoms with E-state index < -0.39 is 0 Å². The van der Waals surface area contributed by atoms with Crippen LogP contribution in [-0.2, 0) is 6.54 Å². The molecule has 1 unspecified atom stereocenters. The van der Waals surface area contributed by atoms with E-state index in [-0.39, 0.29) is 0 Å². The van der Waals surface area contributed by atoms with Crippen LogP contribution < -0.4 is 15.0 Å².